The average molecular weight is 382 g/mol. The Balaban J connectivity index is 1.99. The lowest BCUT2D eigenvalue weighted by Crippen LogP contribution is -2.02. The van der Waals surface area contributed by atoms with Gasteiger partial charge in [-0.15, -0.1) is 0 Å². The van der Waals surface area contributed by atoms with E-state index in [2.05, 4.69) is 0 Å². The van der Waals surface area contributed by atoms with Gasteiger partial charge in [0.1, 0.15) is 18.1 Å². The number of carbonyl (C=O) groups excluding carboxylic acids is 2. The van der Waals surface area contributed by atoms with Gasteiger partial charge in [0.05, 0.1) is 18.2 Å². The van der Waals surface area contributed by atoms with E-state index in [1.165, 1.54) is 37.5 Å². The molecule has 0 radical (unpaired) electrons. The van der Waals surface area contributed by atoms with Gasteiger partial charge in [0, 0.05) is 11.6 Å². The molecular formula is C21H18O7. The van der Waals surface area contributed by atoms with Gasteiger partial charge < -0.3 is 24.8 Å². The molecule has 0 aliphatic carbocycles. The molecule has 1 aliphatic heterocycles. The van der Waals surface area contributed by atoms with Gasteiger partial charge in [0.15, 0.2) is 17.3 Å². The number of methoxy groups -OCH3 is 1. The standard InChI is InChI=1S/C21H18O7/c1-11-10-28-21(26)19(11)15-7-12(8-18(25)20(15)27-2)3-6-16(23)14-5-4-13(22)9-17(14)24/h3-9,22,24-25H,10H2,1-2H3. The molecule has 7 heteroatoms. The van der Waals surface area contributed by atoms with E-state index >= 15 is 0 Å². The zero-order valence-corrected chi connectivity index (χ0v) is 15.2. The SMILES string of the molecule is COc1c(O)cc(C=CC(=O)c2ccc(O)cc2O)cc1C1=C(C)COC1=O. The summed E-state index contributed by atoms with van der Waals surface area (Å²) in [5.41, 5.74) is 1.84. The van der Waals surface area contributed by atoms with Crippen molar-refractivity contribution in [3.8, 4) is 23.0 Å². The lowest BCUT2D eigenvalue weighted by molar-refractivity contribution is -0.134. The van der Waals surface area contributed by atoms with Crippen LogP contribution >= 0.6 is 0 Å². The van der Waals surface area contributed by atoms with Crippen molar-refractivity contribution in [3.63, 3.8) is 0 Å². The normalized spacial score (nSPS) is 13.9. The molecule has 0 fully saturated rings. The molecule has 0 bridgehead atoms. The van der Waals surface area contributed by atoms with Crippen molar-refractivity contribution in [2.24, 2.45) is 0 Å². The van der Waals surface area contributed by atoms with Crippen LogP contribution in [0.3, 0.4) is 0 Å². The molecule has 0 amide bonds. The van der Waals surface area contributed by atoms with E-state index in [-0.39, 0.29) is 35.2 Å². The van der Waals surface area contributed by atoms with E-state index in [1.807, 2.05) is 0 Å². The number of ketones is 1. The first-order valence-corrected chi connectivity index (χ1v) is 8.34. The van der Waals surface area contributed by atoms with Crippen LogP contribution < -0.4 is 4.74 Å². The number of rotatable bonds is 5. The fraction of sp³-hybridized carbons (Fsp3) is 0.143. The highest BCUT2D eigenvalue weighted by Crippen LogP contribution is 2.39. The molecule has 1 aliphatic rings. The van der Waals surface area contributed by atoms with Gasteiger partial charge in [0.2, 0.25) is 0 Å². The summed E-state index contributed by atoms with van der Waals surface area (Å²) in [6.07, 6.45) is 2.65. The molecular weight excluding hydrogens is 364 g/mol. The van der Waals surface area contributed by atoms with Gasteiger partial charge >= 0.3 is 5.97 Å². The van der Waals surface area contributed by atoms with Crippen LogP contribution in [0.2, 0.25) is 0 Å². The third-order valence-electron chi connectivity index (χ3n) is 4.29. The third-order valence-corrected chi connectivity index (χ3v) is 4.29. The Labute approximate surface area is 160 Å². The Morgan fingerprint density at radius 1 is 1.14 bits per heavy atom. The molecule has 0 spiro atoms. The molecule has 3 rings (SSSR count). The quantitative estimate of drug-likeness (QED) is 0.414. The lowest BCUT2D eigenvalue weighted by Gasteiger charge is -2.12. The molecule has 2 aromatic carbocycles. The van der Waals surface area contributed by atoms with Gasteiger partial charge in [-0.25, -0.2) is 4.79 Å². The van der Waals surface area contributed by atoms with Crippen LogP contribution in [0.25, 0.3) is 11.6 Å². The smallest absolute Gasteiger partial charge is 0.339 e. The van der Waals surface area contributed by atoms with Crippen molar-refractivity contribution >= 4 is 23.4 Å². The number of cyclic esters (lactones) is 1. The summed E-state index contributed by atoms with van der Waals surface area (Å²) in [4.78, 5) is 24.4. The second-order valence-electron chi connectivity index (χ2n) is 6.25. The number of hydrogen-bond acceptors (Lipinski definition) is 7. The average Bonchev–Trinajstić information content (AvgIpc) is 2.97. The van der Waals surface area contributed by atoms with Crippen LogP contribution in [0.5, 0.6) is 23.0 Å². The van der Waals surface area contributed by atoms with E-state index in [0.717, 1.165) is 6.07 Å². The molecule has 2 aromatic rings. The maximum atomic E-state index is 12.3. The monoisotopic (exact) mass is 382 g/mol. The summed E-state index contributed by atoms with van der Waals surface area (Å²) in [6, 6.07) is 6.65. The van der Waals surface area contributed by atoms with Crippen molar-refractivity contribution in [2.45, 2.75) is 6.92 Å². The van der Waals surface area contributed by atoms with E-state index in [9.17, 15) is 24.9 Å². The van der Waals surface area contributed by atoms with Crippen LogP contribution in [-0.4, -0.2) is 40.8 Å². The largest absolute Gasteiger partial charge is 0.508 e. The number of benzene rings is 2. The summed E-state index contributed by atoms with van der Waals surface area (Å²) in [6.45, 7) is 1.91. The topological polar surface area (TPSA) is 113 Å². The number of hydrogen-bond donors (Lipinski definition) is 3. The first-order valence-electron chi connectivity index (χ1n) is 8.34. The van der Waals surface area contributed by atoms with Crippen LogP contribution in [0, 0.1) is 0 Å². The molecule has 28 heavy (non-hydrogen) atoms. The van der Waals surface area contributed by atoms with Crippen molar-refractivity contribution in [2.75, 3.05) is 13.7 Å². The fourth-order valence-corrected chi connectivity index (χ4v) is 2.95. The minimum Gasteiger partial charge on any atom is -0.508 e. The highest BCUT2D eigenvalue weighted by atomic mass is 16.5. The number of esters is 1. The second kappa shape index (κ2) is 7.48. The zero-order valence-electron chi connectivity index (χ0n) is 15.2. The summed E-state index contributed by atoms with van der Waals surface area (Å²) < 4.78 is 10.2. The number of phenols is 3. The predicted molar refractivity (Wildman–Crippen MR) is 101 cm³/mol. The van der Waals surface area contributed by atoms with Gasteiger partial charge in [0.25, 0.3) is 0 Å². The van der Waals surface area contributed by atoms with Gasteiger partial charge in [-0.1, -0.05) is 6.08 Å². The maximum Gasteiger partial charge on any atom is 0.339 e. The predicted octanol–water partition coefficient (Wildman–Crippen LogP) is 3.04. The first kappa shape index (κ1) is 19.0. The van der Waals surface area contributed by atoms with E-state index in [1.54, 1.807) is 13.0 Å². The van der Waals surface area contributed by atoms with Gasteiger partial charge in [-0.3, -0.25) is 4.79 Å². The van der Waals surface area contributed by atoms with Crippen molar-refractivity contribution < 1.29 is 34.4 Å². The van der Waals surface area contributed by atoms with E-state index in [0.29, 0.717) is 22.3 Å². The Bertz CT molecular complexity index is 1030. The highest BCUT2D eigenvalue weighted by molar-refractivity contribution is 6.20. The van der Waals surface area contributed by atoms with Crippen LogP contribution in [0.15, 0.2) is 42.0 Å². The van der Waals surface area contributed by atoms with Crippen LogP contribution in [-0.2, 0) is 9.53 Å². The number of allylic oxidation sites excluding steroid dienone is 1. The minimum absolute atomic E-state index is 0.0185. The van der Waals surface area contributed by atoms with Crippen LogP contribution in [0.1, 0.15) is 28.4 Å². The Morgan fingerprint density at radius 3 is 2.50 bits per heavy atom. The molecule has 0 unspecified atom stereocenters. The molecule has 0 aromatic heterocycles. The van der Waals surface area contributed by atoms with Gasteiger partial charge in [-0.2, -0.15) is 0 Å². The summed E-state index contributed by atoms with van der Waals surface area (Å²) in [5, 5.41) is 29.4. The number of ether oxygens (including phenoxy) is 2. The first-order chi connectivity index (χ1) is 13.3. The summed E-state index contributed by atoms with van der Waals surface area (Å²) in [7, 11) is 1.38. The molecule has 1 heterocycles. The lowest BCUT2D eigenvalue weighted by atomic mass is 9.98. The third kappa shape index (κ3) is 3.55. The molecule has 0 saturated heterocycles. The van der Waals surface area contributed by atoms with Gasteiger partial charge in [-0.05, 0) is 48.4 Å². The number of carbonyl (C=O) groups is 2. The minimum atomic E-state index is -0.513. The van der Waals surface area contributed by atoms with Crippen molar-refractivity contribution in [1.82, 2.24) is 0 Å². The van der Waals surface area contributed by atoms with Crippen molar-refractivity contribution in [1.29, 1.82) is 0 Å². The molecule has 7 nitrogen and oxygen atoms in total. The molecule has 0 saturated carbocycles. The summed E-state index contributed by atoms with van der Waals surface area (Å²) >= 11 is 0. The molecule has 0 atom stereocenters. The highest BCUT2D eigenvalue weighted by Gasteiger charge is 2.27. The van der Waals surface area contributed by atoms with Crippen LogP contribution in [0.4, 0.5) is 0 Å². The van der Waals surface area contributed by atoms with E-state index in [4.69, 9.17) is 9.47 Å². The Hall–Kier alpha value is -3.74. The fourth-order valence-electron chi connectivity index (χ4n) is 2.95. The van der Waals surface area contributed by atoms with E-state index < -0.39 is 11.8 Å². The Morgan fingerprint density at radius 2 is 1.89 bits per heavy atom. The maximum absolute atomic E-state index is 12.3. The molecule has 3 N–H and O–H groups in total. The number of phenolic OH excluding ortho intramolecular Hbond substituents is 3. The second-order valence-corrected chi connectivity index (χ2v) is 6.25. The summed E-state index contributed by atoms with van der Waals surface area (Å²) in [5.74, 6) is -1.57. The Kier molecular flexibility index (Phi) is 5.08. The van der Waals surface area contributed by atoms with Crippen molar-refractivity contribution in [3.05, 3.63) is 58.7 Å². The molecule has 144 valence electrons. The number of aromatic hydroxyl groups is 3. The zero-order chi connectivity index (χ0) is 20.4.